The Morgan fingerprint density at radius 2 is 2.15 bits per heavy atom. The van der Waals surface area contributed by atoms with Crippen LogP contribution >= 0.6 is 23.2 Å². The molecule has 0 atom stereocenters. The second-order valence-corrected chi connectivity index (χ2v) is 5.99. The van der Waals surface area contributed by atoms with Gasteiger partial charge in [-0.3, -0.25) is 0 Å². The summed E-state index contributed by atoms with van der Waals surface area (Å²) in [5.74, 6) is -0.0792. The van der Waals surface area contributed by atoms with E-state index >= 15 is 0 Å². The number of nitrogens with zero attached hydrogens (tertiary/aromatic N) is 2. The zero-order chi connectivity index (χ0) is 14.8. The van der Waals surface area contributed by atoms with Crippen molar-refractivity contribution in [2.75, 3.05) is 11.3 Å². The van der Waals surface area contributed by atoms with Crippen LogP contribution in [0.15, 0.2) is 23.1 Å². The Morgan fingerprint density at radius 1 is 1.40 bits per heavy atom. The standard InChI is InChI=1S/C10H10Cl2N4O3S/c1-2-19-10-13-9(14-15-10)16-20(17,18)7-5-3-4-6(11)8(7)12/h3-5H,2H2,1H3,(H2,13,14,15,16). The molecular weight excluding hydrogens is 327 g/mol. The molecule has 0 radical (unpaired) electrons. The van der Waals surface area contributed by atoms with Crippen molar-refractivity contribution in [3.05, 3.63) is 28.2 Å². The first-order chi connectivity index (χ1) is 9.44. The normalized spacial score (nSPS) is 11.3. The Morgan fingerprint density at radius 3 is 2.85 bits per heavy atom. The molecule has 0 fully saturated rings. The Kier molecular flexibility index (Phi) is 4.36. The molecule has 0 unspecified atom stereocenters. The minimum absolute atomic E-state index is 0.0439. The lowest BCUT2D eigenvalue weighted by Crippen LogP contribution is -2.14. The lowest BCUT2D eigenvalue weighted by atomic mass is 10.4. The van der Waals surface area contributed by atoms with Crippen LogP contribution < -0.4 is 9.46 Å². The summed E-state index contributed by atoms with van der Waals surface area (Å²) >= 11 is 11.7. The third-order valence-electron chi connectivity index (χ3n) is 2.18. The number of ether oxygens (including phenoxy) is 1. The Hall–Kier alpha value is -1.51. The van der Waals surface area contributed by atoms with E-state index in [1.165, 1.54) is 18.2 Å². The monoisotopic (exact) mass is 336 g/mol. The van der Waals surface area contributed by atoms with Gasteiger partial charge in [-0.2, -0.15) is 4.98 Å². The fraction of sp³-hybridized carbons (Fsp3) is 0.200. The molecule has 1 heterocycles. The van der Waals surface area contributed by atoms with Crippen LogP contribution in [0.4, 0.5) is 5.95 Å². The van der Waals surface area contributed by atoms with E-state index < -0.39 is 10.0 Å². The number of H-pyrrole nitrogens is 1. The second kappa shape index (κ2) is 5.86. The van der Waals surface area contributed by atoms with Crippen molar-refractivity contribution in [2.24, 2.45) is 0 Å². The number of sulfonamides is 1. The number of nitrogens with one attached hydrogen (secondary N) is 2. The molecule has 0 saturated heterocycles. The molecule has 2 aromatic rings. The van der Waals surface area contributed by atoms with Gasteiger partial charge >= 0.3 is 6.01 Å². The van der Waals surface area contributed by atoms with E-state index in [2.05, 4.69) is 19.9 Å². The molecule has 0 spiro atoms. The summed E-state index contributed by atoms with van der Waals surface area (Å²) < 4.78 is 31.5. The van der Waals surface area contributed by atoms with Crippen LogP contribution in [-0.2, 0) is 10.0 Å². The number of aromatic nitrogens is 3. The van der Waals surface area contributed by atoms with E-state index in [9.17, 15) is 8.42 Å². The molecule has 108 valence electrons. The quantitative estimate of drug-likeness (QED) is 0.873. The van der Waals surface area contributed by atoms with Crippen LogP contribution in [0.25, 0.3) is 0 Å². The fourth-order valence-electron chi connectivity index (χ4n) is 1.36. The van der Waals surface area contributed by atoms with Crippen LogP contribution in [0.5, 0.6) is 6.01 Å². The van der Waals surface area contributed by atoms with Crippen molar-refractivity contribution >= 4 is 39.2 Å². The van der Waals surface area contributed by atoms with E-state index in [0.717, 1.165) is 0 Å². The van der Waals surface area contributed by atoms with Gasteiger partial charge in [-0.25, -0.2) is 18.2 Å². The van der Waals surface area contributed by atoms with E-state index in [1.807, 2.05) is 0 Å². The van der Waals surface area contributed by atoms with Gasteiger partial charge in [0.1, 0.15) is 4.90 Å². The average Bonchev–Trinajstić information content (AvgIpc) is 2.79. The maximum absolute atomic E-state index is 12.2. The minimum Gasteiger partial charge on any atom is -0.463 e. The smallest absolute Gasteiger partial charge is 0.337 e. The first-order valence-corrected chi connectivity index (χ1v) is 7.70. The van der Waals surface area contributed by atoms with Crippen LogP contribution in [0, 0.1) is 0 Å². The van der Waals surface area contributed by atoms with E-state index in [0.29, 0.717) is 6.61 Å². The van der Waals surface area contributed by atoms with Crippen molar-refractivity contribution in [2.45, 2.75) is 11.8 Å². The number of benzene rings is 1. The lowest BCUT2D eigenvalue weighted by molar-refractivity contribution is 0.314. The Labute approximate surface area is 125 Å². The molecule has 0 aliphatic rings. The Bertz CT molecular complexity index is 717. The molecule has 2 N–H and O–H groups in total. The van der Waals surface area contributed by atoms with Crippen LogP contribution in [-0.4, -0.2) is 30.2 Å². The van der Waals surface area contributed by atoms with E-state index in [4.69, 9.17) is 27.9 Å². The second-order valence-electron chi connectivity index (χ2n) is 3.56. The largest absolute Gasteiger partial charge is 0.463 e. The average molecular weight is 337 g/mol. The summed E-state index contributed by atoms with van der Waals surface area (Å²) in [5, 5.41) is 6.15. The van der Waals surface area contributed by atoms with Crippen molar-refractivity contribution in [3.8, 4) is 6.01 Å². The van der Waals surface area contributed by atoms with Gasteiger partial charge in [0.2, 0.25) is 5.95 Å². The summed E-state index contributed by atoms with van der Waals surface area (Å²) in [6.07, 6.45) is 0. The first kappa shape index (κ1) is 14.9. The van der Waals surface area contributed by atoms with Crippen LogP contribution in [0.3, 0.4) is 0 Å². The minimum atomic E-state index is -3.92. The molecule has 10 heteroatoms. The summed E-state index contributed by atoms with van der Waals surface area (Å²) in [7, 11) is -3.92. The number of halogens is 2. The lowest BCUT2D eigenvalue weighted by Gasteiger charge is -2.07. The van der Waals surface area contributed by atoms with Gasteiger partial charge in [-0.05, 0) is 19.1 Å². The molecule has 7 nitrogen and oxygen atoms in total. The predicted molar refractivity (Wildman–Crippen MR) is 74.8 cm³/mol. The van der Waals surface area contributed by atoms with Gasteiger partial charge in [0, 0.05) is 0 Å². The highest BCUT2D eigenvalue weighted by atomic mass is 35.5. The molecule has 0 aliphatic carbocycles. The molecule has 0 amide bonds. The van der Waals surface area contributed by atoms with Gasteiger partial charge in [0.05, 0.1) is 16.7 Å². The maximum atomic E-state index is 12.2. The number of hydrogen-bond acceptors (Lipinski definition) is 5. The van der Waals surface area contributed by atoms with Gasteiger partial charge in [0.15, 0.2) is 0 Å². The molecule has 1 aromatic carbocycles. The van der Waals surface area contributed by atoms with Crippen molar-refractivity contribution in [1.82, 2.24) is 15.2 Å². The highest BCUT2D eigenvalue weighted by Gasteiger charge is 2.21. The maximum Gasteiger partial charge on any atom is 0.337 e. The topological polar surface area (TPSA) is 97.0 Å². The summed E-state index contributed by atoms with van der Waals surface area (Å²) in [6.45, 7) is 2.12. The number of aromatic amines is 1. The van der Waals surface area contributed by atoms with Gasteiger partial charge in [-0.1, -0.05) is 29.3 Å². The molecule has 0 bridgehead atoms. The SMILES string of the molecule is CCOc1n[nH]c(NS(=O)(=O)c2cccc(Cl)c2Cl)n1. The van der Waals surface area contributed by atoms with Gasteiger partial charge in [-0.15, -0.1) is 5.10 Å². The van der Waals surface area contributed by atoms with E-state index in [-0.39, 0.29) is 26.9 Å². The number of hydrogen-bond donors (Lipinski definition) is 2. The van der Waals surface area contributed by atoms with Crippen LogP contribution in [0.1, 0.15) is 6.92 Å². The van der Waals surface area contributed by atoms with Crippen molar-refractivity contribution in [3.63, 3.8) is 0 Å². The van der Waals surface area contributed by atoms with E-state index in [1.54, 1.807) is 6.92 Å². The van der Waals surface area contributed by atoms with Crippen LogP contribution in [0.2, 0.25) is 10.0 Å². The molecular formula is C10H10Cl2N4O3S. The molecule has 20 heavy (non-hydrogen) atoms. The Balaban J connectivity index is 2.28. The molecule has 2 rings (SSSR count). The summed E-state index contributed by atoms with van der Waals surface area (Å²) in [6, 6.07) is 4.35. The zero-order valence-electron chi connectivity index (χ0n) is 10.2. The van der Waals surface area contributed by atoms with Gasteiger partial charge < -0.3 is 4.74 Å². The van der Waals surface area contributed by atoms with Crippen molar-refractivity contribution in [1.29, 1.82) is 0 Å². The van der Waals surface area contributed by atoms with Crippen molar-refractivity contribution < 1.29 is 13.2 Å². The molecule has 0 aliphatic heterocycles. The van der Waals surface area contributed by atoms with Gasteiger partial charge in [0.25, 0.3) is 10.0 Å². The number of rotatable bonds is 5. The highest BCUT2D eigenvalue weighted by Crippen LogP contribution is 2.29. The summed E-state index contributed by atoms with van der Waals surface area (Å²) in [5.41, 5.74) is 0. The zero-order valence-corrected chi connectivity index (χ0v) is 12.6. The third kappa shape index (κ3) is 3.14. The summed E-state index contributed by atoms with van der Waals surface area (Å²) in [4.78, 5) is 3.66. The molecule has 0 saturated carbocycles. The highest BCUT2D eigenvalue weighted by molar-refractivity contribution is 7.92. The third-order valence-corrected chi connectivity index (χ3v) is 4.49. The first-order valence-electron chi connectivity index (χ1n) is 5.46. The fourth-order valence-corrected chi connectivity index (χ4v) is 3.08. The predicted octanol–water partition coefficient (Wildman–Crippen LogP) is 2.31. The molecule has 1 aromatic heterocycles. The number of anilines is 1.